The number of rotatable bonds is 5. The minimum absolute atomic E-state index is 0.00768. The van der Waals surface area contributed by atoms with Gasteiger partial charge in [-0.15, -0.1) is 5.10 Å². The molecule has 0 radical (unpaired) electrons. The maximum atomic E-state index is 5.73. The van der Waals surface area contributed by atoms with Gasteiger partial charge in [-0.3, -0.25) is 0 Å². The van der Waals surface area contributed by atoms with Gasteiger partial charge >= 0.3 is 0 Å². The molecule has 4 rings (SSSR count). The fourth-order valence-corrected chi connectivity index (χ4v) is 4.28. The molecular formula is C23H31N6O+. The SMILES string of the molecule is COc1ccccc1[C@@H](c1nnnn1C(C)(C)C)[NH+]1CCN(c2ccccc2)CC1. The van der Waals surface area contributed by atoms with Crippen molar-refractivity contribution in [3.8, 4) is 5.75 Å². The zero-order chi connectivity index (χ0) is 21.1. The predicted octanol–water partition coefficient (Wildman–Crippen LogP) is 1.93. The number of hydrogen-bond acceptors (Lipinski definition) is 5. The largest absolute Gasteiger partial charge is 0.496 e. The molecule has 0 saturated carbocycles. The molecule has 30 heavy (non-hydrogen) atoms. The molecule has 3 aromatic rings. The third-order valence-corrected chi connectivity index (χ3v) is 5.77. The van der Waals surface area contributed by atoms with Crippen molar-refractivity contribution in [1.29, 1.82) is 0 Å². The summed E-state index contributed by atoms with van der Waals surface area (Å²) in [7, 11) is 1.73. The topological polar surface area (TPSA) is 60.5 Å². The lowest BCUT2D eigenvalue weighted by Crippen LogP contribution is -3.15. The summed E-state index contributed by atoms with van der Waals surface area (Å²) in [6.45, 7) is 10.4. The minimum Gasteiger partial charge on any atom is -0.496 e. The van der Waals surface area contributed by atoms with Crippen molar-refractivity contribution < 1.29 is 9.64 Å². The van der Waals surface area contributed by atoms with Gasteiger partial charge < -0.3 is 14.5 Å². The molecule has 1 aliphatic heterocycles. The first-order chi connectivity index (χ1) is 14.5. The van der Waals surface area contributed by atoms with Gasteiger partial charge in [0.15, 0.2) is 6.04 Å². The average Bonchev–Trinajstić information content (AvgIpc) is 3.25. The molecule has 2 aromatic carbocycles. The van der Waals surface area contributed by atoms with Gasteiger partial charge in [-0.25, -0.2) is 4.68 Å². The molecule has 0 bridgehead atoms. The van der Waals surface area contributed by atoms with E-state index in [1.807, 2.05) is 16.8 Å². The Labute approximate surface area is 178 Å². The second-order valence-electron chi connectivity index (χ2n) is 8.78. The van der Waals surface area contributed by atoms with Gasteiger partial charge in [0.2, 0.25) is 5.82 Å². The van der Waals surface area contributed by atoms with Crippen LogP contribution < -0.4 is 14.5 Å². The van der Waals surface area contributed by atoms with Gasteiger partial charge in [-0.05, 0) is 55.5 Å². The van der Waals surface area contributed by atoms with Crippen molar-refractivity contribution in [2.75, 3.05) is 38.2 Å². The number of nitrogens with one attached hydrogen (secondary N) is 1. The zero-order valence-electron chi connectivity index (χ0n) is 18.2. The maximum Gasteiger partial charge on any atom is 0.214 e. The highest BCUT2D eigenvalue weighted by atomic mass is 16.5. The third-order valence-electron chi connectivity index (χ3n) is 5.77. The molecule has 0 amide bonds. The summed E-state index contributed by atoms with van der Waals surface area (Å²) in [5.41, 5.74) is 2.21. The molecule has 1 aliphatic rings. The minimum atomic E-state index is -0.204. The summed E-state index contributed by atoms with van der Waals surface area (Å²) in [6, 6.07) is 18.9. The summed E-state index contributed by atoms with van der Waals surface area (Å²) in [6.07, 6.45) is 0. The van der Waals surface area contributed by atoms with Crippen molar-refractivity contribution in [1.82, 2.24) is 20.2 Å². The highest BCUT2D eigenvalue weighted by Crippen LogP contribution is 2.29. The highest BCUT2D eigenvalue weighted by molar-refractivity contribution is 5.46. The summed E-state index contributed by atoms with van der Waals surface area (Å²) in [4.78, 5) is 3.90. The molecule has 1 atom stereocenters. The molecule has 0 unspecified atom stereocenters. The quantitative estimate of drug-likeness (QED) is 0.700. The number of ether oxygens (including phenoxy) is 1. The Morgan fingerprint density at radius 1 is 0.967 bits per heavy atom. The van der Waals surface area contributed by atoms with Crippen LogP contribution in [0.2, 0.25) is 0 Å². The van der Waals surface area contributed by atoms with Crippen LogP contribution in [-0.4, -0.2) is 53.5 Å². The number of quaternary nitrogens is 1. The number of anilines is 1. The van der Waals surface area contributed by atoms with Crippen LogP contribution in [0, 0.1) is 0 Å². The average molecular weight is 408 g/mol. The molecule has 158 valence electrons. The predicted molar refractivity (Wildman–Crippen MR) is 117 cm³/mol. The van der Waals surface area contributed by atoms with Gasteiger partial charge in [0.1, 0.15) is 5.75 Å². The van der Waals surface area contributed by atoms with Crippen LogP contribution in [0.5, 0.6) is 5.75 Å². The van der Waals surface area contributed by atoms with Crippen molar-refractivity contribution in [3.05, 3.63) is 66.0 Å². The van der Waals surface area contributed by atoms with E-state index in [2.05, 4.69) is 83.7 Å². The van der Waals surface area contributed by atoms with E-state index in [0.29, 0.717) is 0 Å². The van der Waals surface area contributed by atoms with Gasteiger partial charge in [0.05, 0.1) is 44.4 Å². The Hall–Kier alpha value is -2.93. The second-order valence-corrected chi connectivity index (χ2v) is 8.78. The van der Waals surface area contributed by atoms with Crippen molar-refractivity contribution >= 4 is 5.69 Å². The smallest absolute Gasteiger partial charge is 0.214 e. The molecule has 0 spiro atoms. The summed E-state index contributed by atoms with van der Waals surface area (Å²) in [5, 5.41) is 12.9. The van der Waals surface area contributed by atoms with E-state index < -0.39 is 0 Å². The molecule has 7 nitrogen and oxygen atoms in total. The van der Waals surface area contributed by atoms with E-state index in [4.69, 9.17) is 4.74 Å². The molecule has 0 aliphatic carbocycles. The van der Waals surface area contributed by atoms with Crippen molar-refractivity contribution in [2.24, 2.45) is 0 Å². The standard InChI is InChI=1S/C23H30N6O/c1-23(2,3)29-22(24-25-26-29)21(19-12-8-9-13-20(19)30-4)28-16-14-27(15-17-28)18-10-6-5-7-11-18/h5-13,21H,14-17H2,1-4H3/p+1/t21-/m0/s1. The van der Waals surface area contributed by atoms with E-state index in [-0.39, 0.29) is 11.6 Å². The lowest BCUT2D eigenvalue weighted by atomic mass is 10.0. The number of piperazine rings is 1. The molecular weight excluding hydrogens is 376 g/mol. The van der Waals surface area contributed by atoms with Gasteiger partial charge in [-0.1, -0.05) is 30.3 Å². The van der Waals surface area contributed by atoms with E-state index in [1.54, 1.807) is 7.11 Å². The molecule has 7 heteroatoms. The van der Waals surface area contributed by atoms with Crippen LogP contribution >= 0.6 is 0 Å². The second kappa shape index (κ2) is 8.44. The van der Waals surface area contributed by atoms with Crippen molar-refractivity contribution in [2.45, 2.75) is 32.4 Å². The number of nitrogens with zero attached hydrogens (tertiary/aromatic N) is 5. The van der Waals surface area contributed by atoms with Crippen LogP contribution in [0.3, 0.4) is 0 Å². The number of benzene rings is 2. The van der Waals surface area contributed by atoms with Crippen LogP contribution in [0.1, 0.15) is 38.2 Å². The molecule has 1 fully saturated rings. The zero-order valence-corrected chi connectivity index (χ0v) is 18.2. The molecule has 1 aromatic heterocycles. The number of tetrazole rings is 1. The van der Waals surface area contributed by atoms with Crippen LogP contribution in [0.15, 0.2) is 54.6 Å². The van der Waals surface area contributed by atoms with Gasteiger partial charge in [-0.2, -0.15) is 0 Å². The van der Waals surface area contributed by atoms with E-state index in [1.165, 1.54) is 10.6 Å². The first kappa shape index (κ1) is 20.3. The van der Waals surface area contributed by atoms with Gasteiger partial charge in [0, 0.05) is 5.69 Å². The summed E-state index contributed by atoms with van der Waals surface area (Å²) in [5.74, 6) is 1.76. The third kappa shape index (κ3) is 4.03. The Kier molecular flexibility index (Phi) is 5.72. The number of hydrogen-bond donors (Lipinski definition) is 1. The monoisotopic (exact) mass is 407 g/mol. The van der Waals surface area contributed by atoms with E-state index >= 15 is 0 Å². The molecule has 1 saturated heterocycles. The highest BCUT2D eigenvalue weighted by Gasteiger charge is 2.37. The molecule has 1 N–H and O–H groups in total. The maximum absolute atomic E-state index is 5.73. The first-order valence-corrected chi connectivity index (χ1v) is 10.6. The summed E-state index contributed by atoms with van der Waals surface area (Å²) < 4.78 is 7.69. The fourth-order valence-electron chi connectivity index (χ4n) is 4.28. The fraction of sp³-hybridized carbons (Fsp3) is 0.435. The normalized spacial score (nSPS) is 16.5. The van der Waals surface area contributed by atoms with Gasteiger partial charge in [0.25, 0.3) is 0 Å². The number of aromatic nitrogens is 4. The van der Waals surface area contributed by atoms with Crippen LogP contribution in [0.4, 0.5) is 5.69 Å². The summed E-state index contributed by atoms with van der Waals surface area (Å²) >= 11 is 0. The Bertz CT molecular complexity index is 957. The number of para-hydroxylation sites is 2. The van der Waals surface area contributed by atoms with Crippen LogP contribution in [0.25, 0.3) is 0 Å². The van der Waals surface area contributed by atoms with Crippen LogP contribution in [-0.2, 0) is 5.54 Å². The van der Waals surface area contributed by atoms with E-state index in [9.17, 15) is 0 Å². The molecule has 2 heterocycles. The lowest BCUT2D eigenvalue weighted by molar-refractivity contribution is -0.927. The number of methoxy groups -OCH3 is 1. The Morgan fingerprint density at radius 2 is 1.63 bits per heavy atom. The van der Waals surface area contributed by atoms with Crippen molar-refractivity contribution in [3.63, 3.8) is 0 Å². The van der Waals surface area contributed by atoms with E-state index in [0.717, 1.165) is 43.3 Å². The lowest BCUT2D eigenvalue weighted by Gasteiger charge is -2.38. The Balaban J connectivity index is 1.68. The first-order valence-electron chi connectivity index (χ1n) is 10.6. The Morgan fingerprint density at radius 3 is 2.30 bits per heavy atom.